The lowest BCUT2D eigenvalue weighted by molar-refractivity contribution is -0.139. The van der Waals surface area contributed by atoms with Crippen LogP contribution in [0.25, 0.3) is 0 Å². The summed E-state index contributed by atoms with van der Waals surface area (Å²) in [5.74, 6) is -0.750. The van der Waals surface area contributed by atoms with E-state index in [0.717, 1.165) is 50.6 Å². The molecule has 1 heterocycles. The minimum Gasteiger partial charge on any atom is -0.314 e. The molecule has 1 fully saturated rings. The van der Waals surface area contributed by atoms with Crippen LogP contribution in [0.2, 0.25) is 0 Å². The standard InChI is InChI=1S/C17H24F4N2.2ClH/c1-2-3-4-8-15(23-11-9-22-10-12-23)16-13(17(19,20)21)6-5-7-14(16)18;;/h5-7,15,22H,2-4,8-12H2,1H3;2*1H/t15-;;/m1../s1. The summed E-state index contributed by atoms with van der Waals surface area (Å²) in [7, 11) is 0. The Balaban J connectivity index is 0.00000288. The van der Waals surface area contributed by atoms with Crippen molar-refractivity contribution in [2.75, 3.05) is 26.2 Å². The summed E-state index contributed by atoms with van der Waals surface area (Å²) in [6, 6.07) is 2.76. The van der Waals surface area contributed by atoms with Gasteiger partial charge in [0, 0.05) is 37.8 Å². The molecule has 1 N–H and O–H groups in total. The van der Waals surface area contributed by atoms with E-state index in [1.165, 1.54) is 0 Å². The number of benzene rings is 1. The lowest BCUT2D eigenvalue weighted by Crippen LogP contribution is -2.45. The number of piperazine rings is 1. The summed E-state index contributed by atoms with van der Waals surface area (Å²) >= 11 is 0. The van der Waals surface area contributed by atoms with E-state index in [9.17, 15) is 17.6 Å². The molecule has 0 aliphatic carbocycles. The first-order chi connectivity index (χ1) is 10.9. The van der Waals surface area contributed by atoms with Gasteiger partial charge in [-0.15, -0.1) is 24.8 Å². The molecule has 0 bridgehead atoms. The highest BCUT2D eigenvalue weighted by molar-refractivity contribution is 5.85. The first-order valence-corrected chi connectivity index (χ1v) is 8.25. The highest BCUT2D eigenvalue weighted by Gasteiger charge is 2.38. The summed E-state index contributed by atoms with van der Waals surface area (Å²) in [6.07, 6.45) is -1.25. The van der Waals surface area contributed by atoms with Crippen LogP contribution < -0.4 is 5.32 Å². The van der Waals surface area contributed by atoms with Gasteiger partial charge in [-0.05, 0) is 18.6 Å². The molecule has 1 aromatic carbocycles. The van der Waals surface area contributed by atoms with Crippen LogP contribution in [0.1, 0.15) is 49.8 Å². The number of halogens is 6. The molecule has 25 heavy (non-hydrogen) atoms. The normalized spacial score (nSPS) is 16.7. The van der Waals surface area contributed by atoms with Crippen LogP contribution in [0.5, 0.6) is 0 Å². The Morgan fingerprint density at radius 2 is 1.76 bits per heavy atom. The van der Waals surface area contributed by atoms with Crippen molar-refractivity contribution in [1.29, 1.82) is 0 Å². The zero-order chi connectivity index (χ0) is 16.9. The van der Waals surface area contributed by atoms with Gasteiger partial charge in [-0.2, -0.15) is 13.2 Å². The first-order valence-electron chi connectivity index (χ1n) is 8.25. The molecule has 2 rings (SSSR count). The summed E-state index contributed by atoms with van der Waals surface area (Å²) in [5.41, 5.74) is -1.02. The zero-order valence-electron chi connectivity index (χ0n) is 14.2. The van der Waals surface area contributed by atoms with Gasteiger partial charge in [-0.3, -0.25) is 4.90 Å². The van der Waals surface area contributed by atoms with Gasteiger partial charge in [0.15, 0.2) is 0 Å². The number of unbranched alkanes of at least 4 members (excludes halogenated alkanes) is 2. The second kappa shape index (κ2) is 11.2. The molecule has 1 aliphatic heterocycles. The molecular formula is C17H26Cl2F4N2. The second-order valence-corrected chi connectivity index (χ2v) is 6.00. The maximum atomic E-state index is 14.4. The van der Waals surface area contributed by atoms with E-state index in [1.54, 1.807) is 0 Å². The van der Waals surface area contributed by atoms with E-state index in [1.807, 2.05) is 11.8 Å². The fourth-order valence-corrected chi connectivity index (χ4v) is 3.21. The average Bonchev–Trinajstić information content (AvgIpc) is 2.52. The Hall–Kier alpha value is -0.560. The van der Waals surface area contributed by atoms with Crippen LogP contribution in [-0.2, 0) is 6.18 Å². The van der Waals surface area contributed by atoms with Crippen LogP contribution in [0.4, 0.5) is 17.6 Å². The molecule has 0 spiro atoms. The number of nitrogens with one attached hydrogen (secondary N) is 1. The molecule has 0 amide bonds. The first kappa shape index (κ1) is 24.4. The Labute approximate surface area is 159 Å². The summed E-state index contributed by atoms with van der Waals surface area (Å²) < 4.78 is 54.4. The lowest BCUT2D eigenvalue weighted by atomic mass is 9.93. The highest BCUT2D eigenvalue weighted by Crippen LogP contribution is 2.39. The molecule has 0 unspecified atom stereocenters. The van der Waals surface area contributed by atoms with Crippen molar-refractivity contribution >= 4 is 24.8 Å². The SMILES string of the molecule is CCCCC[C@H](c1c(F)cccc1C(F)(F)F)N1CCNCC1.Cl.Cl. The van der Waals surface area contributed by atoms with Gasteiger partial charge < -0.3 is 5.32 Å². The highest BCUT2D eigenvalue weighted by atomic mass is 35.5. The van der Waals surface area contributed by atoms with Crippen molar-refractivity contribution in [1.82, 2.24) is 10.2 Å². The van der Waals surface area contributed by atoms with E-state index >= 15 is 0 Å². The van der Waals surface area contributed by atoms with Crippen LogP contribution in [0.15, 0.2) is 18.2 Å². The monoisotopic (exact) mass is 404 g/mol. The molecule has 146 valence electrons. The largest absolute Gasteiger partial charge is 0.416 e. The average molecular weight is 405 g/mol. The van der Waals surface area contributed by atoms with E-state index < -0.39 is 23.6 Å². The number of rotatable bonds is 6. The topological polar surface area (TPSA) is 15.3 Å². The van der Waals surface area contributed by atoms with Crippen molar-refractivity contribution in [2.45, 2.75) is 44.8 Å². The minimum atomic E-state index is -4.53. The number of hydrogen-bond acceptors (Lipinski definition) is 2. The van der Waals surface area contributed by atoms with Crippen molar-refractivity contribution < 1.29 is 17.6 Å². The van der Waals surface area contributed by atoms with Gasteiger partial charge in [-0.25, -0.2) is 4.39 Å². The van der Waals surface area contributed by atoms with Crippen LogP contribution >= 0.6 is 24.8 Å². The molecule has 1 saturated heterocycles. The summed E-state index contributed by atoms with van der Waals surface area (Å²) in [5, 5.41) is 3.19. The van der Waals surface area contributed by atoms with Crippen molar-refractivity contribution in [3.63, 3.8) is 0 Å². The summed E-state index contributed by atoms with van der Waals surface area (Å²) in [4.78, 5) is 1.99. The molecule has 0 saturated carbocycles. The van der Waals surface area contributed by atoms with Gasteiger partial charge >= 0.3 is 6.18 Å². The van der Waals surface area contributed by atoms with E-state index in [2.05, 4.69) is 5.32 Å². The Kier molecular flexibility index (Phi) is 11.0. The molecule has 2 nitrogen and oxygen atoms in total. The van der Waals surface area contributed by atoms with Crippen LogP contribution in [0, 0.1) is 5.82 Å². The smallest absolute Gasteiger partial charge is 0.314 e. The van der Waals surface area contributed by atoms with Crippen LogP contribution in [0.3, 0.4) is 0 Å². The second-order valence-electron chi connectivity index (χ2n) is 6.00. The fraction of sp³-hybridized carbons (Fsp3) is 0.647. The Morgan fingerprint density at radius 1 is 1.12 bits per heavy atom. The predicted molar refractivity (Wildman–Crippen MR) is 97.2 cm³/mol. The zero-order valence-corrected chi connectivity index (χ0v) is 15.9. The molecule has 1 aromatic rings. The third-order valence-electron chi connectivity index (χ3n) is 4.37. The van der Waals surface area contributed by atoms with E-state index in [4.69, 9.17) is 0 Å². The van der Waals surface area contributed by atoms with Gasteiger partial charge in [0.25, 0.3) is 0 Å². The van der Waals surface area contributed by atoms with Crippen molar-refractivity contribution in [2.24, 2.45) is 0 Å². The molecule has 0 aromatic heterocycles. The van der Waals surface area contributed by atoms with Gasteiger partial charge in [0.05, 0.1) is 5.56 Å². The van der Waals surface area contributed by atoms with Gasteiger partial charge in [0.1, 0.15) is 5.82 Å². The fourth-order valence-electron chi connectivity index (χ4n) is 3.21. The molecule has 1 aliphatic rings. The quantitative estimate of drug-likeness (QED) is 0.516. The predicted octanol–water partition coefficient (Wildman–Crippen LogP) is 5.21. The molecule has 1 atom stereocenters. The third-order valence-corrected chi connectivity index (χ3v) is 4.37. The van der Waals surface area contributed by atoms with Crippen molar-refractivity contribution in [3.05, 3.63) is 35.1 Å². The van der Waals surface area contributed by atoms with E-state index in [-0.39, 0.29) is 30.4 Å². The maximum Gasteiger partial charge on any atom is 0.416 e. The minimum absolute atomic E-state index is 0. The number of alkyl halides is 3. The number of hydrogen-bond donors (Lipinski definition) is 1. The molecular weight excluding hydrogens is 379 g/mol. The lowest BCUT2D eigenvalue weighted by Gasteiger charge is -2.36. The summed E-state index contributed by atoms with van der Waals surface area (Å²) in [6.45, 7) is 4.77. The molecule has 8 heteroatoms. The van der Waals surface area contributed by atoms with Gasteiger partial charge in [-0.1, -0.05) is 32.3 Å². The maximum absolute atomic E-state index is 14.4. The third kappa shape index (κ3) is 6.59. The van der Waals surface area contributed by atoms with Gasteiger partial charge in [0.2, 0.25) is 0 Å². The molecule has 0 radical (unpaired) electrons. The Morgan fingerprint density at radius 3 is 2.32 bits per heavy atom. The number of nitrogens with zero attached hydrogens (tertiary/aromatic N) is 1. The Bertz CT molecular complexity index is 506. The van der Waals surface area contributed by atoms with Crippen molar-refractivity contribution in [3.8, 4) is 0 Å². The van der Waals surface area contributed by atoms with E-state index in [0.29, 0.717) is 19.5 Å². The van der Waals surface area contributed by atoms with Crippen LogP contribution in [-0.4, -0.2) is 31.1 Å².